The molecule has 0 radical (unpaired) electrons. The first kappa shape index (κ1) is 8.62. The molecule has 72 valence electrons. The van der Waals surface area contributed by atoms with Crippen LogP contribution in [0.5, 0.6) is 11.5 Å². The van der Waals surface area contributed by atoms with Crippen LogP contribution in [0, 0.1) is 0 Å². The van der Waals surface area contributed by atoms with E-state index in [0.29, 0.717) is 11.4 Å². The van der Waals surface area contributed by atoms with Gasteiger partial charge >= 0.3 is 0 Å². The van der Waals surface area contributed by atoms with Gasteiger partial charge in [0.05, 0.1) is 7.11 Å². The van der Waals surface area contributed by atoms with E-state index in [2.05, 4.69) is 4.98 Å². The Balaban J connectivity index is 2.43. The lowest BCUT2D eigenvalue weighted by atomic mass is 10.1. The van der Waals surface area contributed by atoms with Crippen LogP contribution in [0.4, 0.5) is 0 Å². The maximum Gasteiger partial charge on any atom is 0.181 e. The van der Waals surface area contributed by atoms with Crippen LogP contribution in [0.2, 0.25) is 0 Å². The summed E-state index contributed by atoms with van der Waals surface area (Å²) in [4.78, 5) is 3.96. The Morgan fingerprint density at radius 2 is 2.29 bits per heavy atom. The lowest BCUT2D eigenvalue weighted by Crippen LogP contribution is -1.84. The monoisotopic (exact) mass is 191 g/mol. The predicted molar refractivity (Wildman–Crippen MR) is 50.2 cm³/mol. The van der Waals surface area contributed by atoms with Gasteiger partial charge in [0.2, 0.25) is 0 Å². The van der Waals surface area contributed by atoms with Gasteiger partial charge in [0.25, 0.3) is 0 Å². The molecule has 2 rings (SSSR count). The molecule has 0 fully saturated rings. The second kappa shape index (κ2) is 3.41. The van der Waals surface area contributed by atoms with Crippen LogP contribution >= 0.6 is 0 Å². The van der Waals surface area contributed by atoms with Crippen molar-refractivity contribution in [2.24, 2.45) is 0 Å². The van der Waals surface area contributed by atoms with Crippen LogP contribution in [0.3, 0.4) is 0 Å². The molecule has 0 bridgehead atoms. The number of nitrogens with zero attached hydrogens (tertiary/aromatic N) is 1. The molecule has 14 heavy (non-hydrogen) atoms. The predicted octanol–water partition coefficient (Wildman–Crippen LogP) is 2.06. The third kappa shape index (κ3) is 1.42. The van der Waals surface area contributed by atoms with Crippen LogP contribution in [0.15, 0.2) is 35.3 Å². The van der Waals surface area contributed by atoms with E-state index in [1.165, 1.54) is 19.8 Å². The van der Waals surface area contributed by atoms with Crippen LogP contribution in [-0.4, -0.2) is 17.2 Å². The van der Waals surface area contributed by atoms with Crippen molar-refractivity contribution in [2.45, 2.75) is 0 Å². The summed E-state index contributed by atoms with van der Waals surface area (Å²) in [5, 5.41) is 9.51. The molecule has 4 nitrogen and oxygen atoms in total. The van der Waals surface area contributed by atoms with Gasteiger partial charge in [0.1, 0.15) is 12.0 Å². The standard InChI is InChI=1S/C10H9NO3/c1-13-10-3-2-7(4-9(10)12)8-5-14-6-11-8/h2-6,12H,1H3. The van der Waals surface area contributed by atoms with Crippen molar-refractivity contribution < 1.29 is 14.3 Å². The zero-order valence-electron chi connectivity index (χ0n) is 7.60. The highest BCUT2D eigenvalue weighted by molar-refractivity contribution is 5.62. The Morgan fingerprint density at radius 1 is 1.43 bits per heavy atom. The fraction of sp³-hybridized carbons (Fsp3) is 0.100. The molecule has 4 heteroatoms. The summed E-state index contributed by atoms with van der Waals surface area (Å²) in [7, 11) is 1.50. The summed E-state index contributed by atoms with van der Waals surface area (Å²) >= 11 is 0. The highest BCUT2D eigenvalue weighted by Crippen LogP contribution is 2.30. The molecule has 1 aromatic heterocycles. The van der Waals surface area contributed by atoms with Crippen molar-refractivity contribution in [3.63, 3.8) is 0 Å². The summed E-state index contributed by atoms with van der Waals surface area (Å²) in [6, 6.07) is 5.06. The third-order valence-corrected chi connectivity index (χ3v) is 1.91. The van der Waals surface area contributed by atoms with E-state index in [4.69, 9.17) is 9.15 Å². The van der Waals surface area contributed by atoms with Crippen LogP contribution in [0.1, 0.15) is 0 Å². The Hall–Kier alpha value is -1.97. The van der Waals surface area contributed by atoms with Crippen LogP contribution in [0.25, 0.3) is 11.3 Å². The van der Waals surface area contributed by atoms with E-state index in [-0.39, 0.29) is 5.75 Å². The Morgan fingerprint density at radius 3 is 2.86 bits per heavy atom. The summed E-state index contributed by atoms with van der Waals surface area (Å²) in [6.07, 6.45) is 2.86. The van der Waals surface area contributed by atoms with Crippen molar-refractivity contribution in [3.05, 3.63) is 30.9 Å². The minimum Gasteiger partial charge on any atom is -0.504 e. The number of phenols is 1. The molecule has 0 aliphatic rings. The van der Waals surface area contributed by atoms with Gasteiger partial charge in [0.15, 0.2) is 17.9 Å². The fourth-order valence-electron chi connectivity index (χ4n) is 1.20. The van der Waals surface area contributed by atoms with Crippen molar-refractivity contribution in [1.82, 2.24) is 4.98 Å². The average Bonchev–Trinajstić information content (AvgIpc) is 2.70. The number of benzene rings is 1. The van der Waals surface area contributed by atoms with Gasteiger partial charge in [-0.15, -0.1) is 0 Å². The molecular weight excluding hydrogens is 182 g/mol. The van der Waals surface area contributed by atoms with Crippen molar-refractivity contribution in [1.29, 1.82) is 0 Å². The van der Waals surface area contributed by atoms with E-state index in [1.54, 1.807) is 18.2 Å². The van der Waals surface area contributed by atoms with E-state index in [0.717, 1.165) is 5.56 Å². The molecule has 0 amide bonds. The Bertz CT molecular complexity index is 423. The van der Waals surface area contributed by atoms with Gasteiger partial charge in [-0.1, -0.05) is 0 Å². The molecule has 0 saturated heterocycles. The summed E-state index contributed by atoms with van der Waals surface area (Å²) in [5.74, 6) is 0.533. The summed E-state index contributed by atoms with van der Waals surface area (Å²) in [5.41, 5.74) is 1.47. The number of hydrogen-bond donors (Lipinski definition) is 1. The SMILES string of the molecule is COc1ccc(-c2cocn2)cc1O. The Labute approximate surface area is 80.8 Å². The molecule has 1 N–H and O–H groups in total. The number of rotatable bonds is 2. The van der Waals surface area contributed by atoms with Gasteiger partial charge in [-0.3, -0.25) is 0 Å². The summed E-state index contributed by atoms with van der Waals surface area (Å²) in [6.45, 7) is 0. The quantitative estimate of drug-likeness (QED) is 0.789. The first-order valence-electron chi connectivity index (χ1n) is 4.07. The molecule has 0 aliphatic heterocycles. The number of hydrogen-bond acceptors (Lipinski definition) is 4. The second-order valence-electron chi connectivity index (χ2n) is 2.76. The number of aromatic hydroxyl groups is 1. The topological polar surface area (TPSA) is 55.5 Å². The number of aromatic nitrogens is 1. The number of ether oxygens (including phenoxy) is 1. The maximum absolute atomic E-state index is 9.51. The molecule has 1 heterocycles. The summed E-state index contributed by atoms with van der Waals surface area (Å²) < 4.78 is 9.76. The van der Waals surface area contributed by atoms with Gasteiger partial charge in [0, 0.05) is 5.56 Å². The molecular formula is C10H9NO3. The first-order valence-corrected chi connectivity index (χ1v) is 4.07. The number of oxazole rings is 1. The van der Waals surface area contributed by atoms with Gasteiger partial charge in [-0.25, -0.2) is 4.98 Å². The smallest absolute Gasteiger partial charge is 0.181 e. The van der Waals surface area contributed by atoms with Crippen LogP contribution < -0.4 is 4.74 Å². The van der Waals surface area contributed by atoms with Gasteiger partial charge in [-0.2, -0.15) is 0 Å². The molecule has 1 aromatic carbocycles. The van der Waals surface area contributed by atoms with Gasteiger partial charge in [-0.05, 0) is 18.2 Å². The maximum atomic E-state index is 9.51. The highest BCUT2D eigenvalue weighted by atomic mass is 16.5. The average molecular weight is 191 g/mol. The fourth-order valence-corrected chi connectivity index (χ4v) is 1.20. The largest absolute Gasteiger partial charge is 0.504 e. The molecule has 0 unspecified atom stereocenters. The number of phenolic OH excluding ortho intramolecular Hbond substituents is 1. The molecule has 0 spiro atoms. The molecule has 0 saturated carbocycles. The van der Waals surface area contributed by atoms with E-state index < -0.39 is 0 Å². The van der Waals surface area contributed by atoms with Crippen molar-refractivity contribution >= 4 is 0 Å². The molecule has 0 atom stereocenters. The minimum absolute atomic E-state index is 0.0907. The van der Waals surface area contributed by atoms with E-state index in [9.17, 15) is 5.11 Å². The second-order valence-corrected chi connectivity index (χ2v) is 2.76. The molecule has 2 aromatic rings. The highest BCUT2D eigenvalue weighted by Gasteiger charge is 2.05. The van der Waals surface area contributed by atoms with Crippen LogP contribution in [-0.2, 0) is 0 Å². The lowest BCUT2D eigenvalue weighted by molar-refractivity contribution is 0.373. The normalized spacial score (nSPS) is 10.1. The zero-order chi connectivity index (χ0) is 9.97. The van der Waals surface area contributed by atoms with Gasteiger partial charge < -0.3 is 14.3 Å². The van der Waals surface area contributed by atoms with Crippen molar-refractivity contribution in [2.75, 3.05) is 7.11 Å². The lowest BCUT2D eigenvalue weighted by Gasteiger charge is -2.03. The Kier molecular flexibility index (Phi) is 2.10. The molecule has 0 aliphatic carbocycles. The third-order valence-electron chi connectivity index (χ3n) is 1.91. The van der Waals surface area contributed by atoms with E-state index >= 15 is 0 Å². The number of methoxy groups -OCH3 is 1. The zero-order valence-corrected chi connectivity index (χ0v) is 7.60. The van der Waals surface area contributed by atoms with E-state index in [1.807, 2.05) is 0 Å². The van der Waals surface area contributed by atoms with Crippen molar-refractivity contribution in [3.8, 4) is 22.8 Å². The first-order chi connectivity index (χ1) is 6.81. The minimum atomic E-state index is 0.0907.